The number of nitrogens with zero attached hydrogens (tertiary/aromatic N) is 2. The van der Waals surface area contributed by atoms with Gasteiger partial charge in [0, 0.05) is 12.7 Å². The molecule has 0 bridgehead atoms. The third-order valence-electron chi connectivity index (χ3n) is 2.32. The number of piperidine rings is 1. The van der Waals surface area contributed by atoms with Gasteiger partial charge in [0.2, 0.25) is 5.91 Å². The SMILES string of the molecule is O=C1CC(O)CCN1c1ccccn1. The Kier molecular flexibility index (Phi) is 2.45. The molecule has 1 amide bonds. The number of carbonyl (C=O) groups is 1. The van der Waals surface area contributed by atoms with Crippen molar-refractivity contribution < 1.29 is 9.90 Å². The van der Waals surface area contributed by atoms with Gasteiger partial charge in [0.05, 0.1) is 12.5 Å². The van der Waals surface area contributed by atoms with Gasteiger partial charge in [-0.1, -0.05) is 6.07 Å². The molecule has 1 aromatic heterocycles. The molecule has 1 aliphatic heterocycles. The number of pyridine rings is 1. The van der Waals surface area contributed by atoms with E-state index in [4.69, 9.17) is 0 Å². The van der Waals surface area contributed by atoms with Crippen molar-refractivity contribution >= 4 is 11.7 Å². The zero-order chi connectivity index (χ0) is 9.97. The number of anilines is 1. The van der Waals surface area contributed by atoms with Crippen LogP contribution in [0.25, 0.3) is 0 Å². The molecule has 0 spiro atoms. The third-order valence-corrected chi connectivity index (χ3v) is 2.32. The quantitative estimate of drug-likeness (QED) is 0.707. The normalized spacial score (nSPS) is 22.5. The average Bonchev–Trinajstić information content (AvgIpc) is 2.19. The summed E-state index contributed by atoms with van der Waals surface area (Å²) in [5.41, 5.74) is 0. The molecule has 1 aromatic rings. The molecule has 14 heavy (non-hydrogen) atoms. The first-order valence-corrected chi connectivity index (χ1v) is 4.67. The molecule has 1 unspecified atom stereocenters. The largest absolute Gasteiger partial charge is 0.393 e. The highest BCUT2D eigenvalue weighted by Gasteiger charge is 2.25. The Bertz CT molecular complexity index is 326. The fraction of sp³-hybridized carbons (Fsp3) is 0.400. The number of aliphatic hydroxyl groups is 1. The summed E-state index contributed by atoms with van der Waals surface area (Å²) in [4.78, 5) is 17.3. The lowest BCUT2D eigenvalue weighted by Gasteiger charge is -2.28. The van der Waals surface area contributed by atoms with Gasteiger partial charge in [-0.25, -0.2) is 4.98 Å². The van der Waals surface area contributed by atoms with Crippen molar-refractivity contribution in [1.29, 1.82) is 0 Å². The molecular formula is C10H12N2O2. The van der Waals surface area contributed by atoms with Crippen LogP contribution in [0.4, 0.5) is 5.82 Å². The molecule has 0 aromatic carbocycles. The van der Waals surface area contributed by atoms with Crippen LogP contribution in [0.15, 0.2) is 24.4 Å². The average molecular weight is 192 g/mol. The highest BCUT2D eigenvalue weighted by atomic mass is 16.3. The fourth-order valence-electron chi connectivity index (χ4n) is 1.57. The Labute approximate surface area is 82.2 Å². The highest BCUT2D eigenvalue weighted by molar-refractivity contribution is 5.93. The molecule has 4 nitrogen and oxygen atoms in total. The first kappa shape index (κ1) is 9.15. The van der Waals surface area contributed by atoms with E-state index in [-0.39, 0.29) is 12.3 Å². The molecule has 0 saturated carbocycles. The molecule has 1 aliphatic rings. The monoisotopic (exact) mass is 192 g/mol. The van der Waals surface area contributed by atoms with E-state index in [9.17, 15) is 9.90 Å². The van der Waals surface area contributed by atoms with Gasteiger partial charge in [0.15, 0.2) is 0 Å². The lowest BCUT2D eigenvalue weighted by molar-refractivity contribution is -0.122. The molecule has 2 heterocycles. The van der Waals surface area contributed by atoms with Gasteiger partial charge >= 0.3 is 0 Å². The van der Waals surface area contributed by atoms with E-state index in [1.54, 1.807) is 17.2 Å². The lowest BCUT2D eigenvalue weighted by atomic mass is 10.1. The van der Waals surface area contributed by atoms with Crippen LogP contribution in [0, 0.1) is 0 Å². The molecule has 1 saturated heterocycles. The van der Waals surface area contributed by atoms with E-state index in [0.717, 1.165) is 0 Å². The standard InChI is InChI=1S/C10H12N2O2/c13-8-4-6-12(10(14)7-8)9-3-1-2-5-11-9/h1-3,5,8,13H,4,6-7H2. The summed E-state index contributed by atoms with van der Waals surface area (Å²) in [5, 5.41) is 9.28. The Balaban J connectivity index is 2.16. The topological polar surface area (TPSA) is 53.4 Å². The van der Waals surface area contributed by atoms with E-state index in [0.29, 0.717) is 18.8 Å². The zero-order valence-corrected chi connectivity index (χ0v) is 7.76. The minimum Gasteiger partial charge on any atom is -0.393 e. The van der Waals surface area contributed by atoms with E-state index in [1.807, 2.05) is 12.1 Å². The smallest absolute Gasteiger partial charge is 0.230 e. The molecule has 1 N–H and O–H groups in total. The Morgan fingerprint density at radius 1 is 1.50 bits per heavy atom. The Morgan fingerprint density at radius 2 is 2.36 bits per heavy atom. The number of carbonyl (C=O) groups excluding carboxylic acids is 1. The van der Waals surface area contributed by atoms with Gasteiger partial charge in [-0.15, -0.1) is 0 Å². The van der Waals surface area contributed by atoms with E-state index >= 15 is 0 Å². The van der Waals surface area contributed by atoms with Crippen LogP contribution in [-0.2, 0) is 4.79 Å². The van der Waals surface area contributed by atoms with Crippen molar-refractivity contribution in [2.75, 3.05) is 11.4 Å². The second kappa shape index (κ2) is 3.75. The number of hydrogen-bond donors (Lipinski definition) is 1. The van der Waals surface area contributed by atoms with Crippen molar-refractivity contribution in [2.45, 2.75) is 18.9 Å². The summed E-state index contributed by atoms with van der Waals surface area (Å²) in [5.74, 6) is 0.617. The minimum absolute atomic E-state index is 0.0533. The molecule has 0 aliphatic carbocycles. The van der Waals surface area contributed by atoms with Crippen LogP contribution in [0.5, 0.6) is 0 Å². The van der Waals surface area contributed by atoms with Crippen molar-refractivity contribution in [3.8, 4) is 0 Å². The Hall–Kier alpha value is -1.42. The molecular weight excluding hydrogens is 180 g/mol. The first-order valence-electron chi connectivity index (χ1n) is 4.67. The maximum absolute atomic E-state index is 11.5. The summed E-state index contributed by atoms with van der Waals surface area (Å²) in [6, 6.07) is 5.46. The van der Waals surface area contributed by atoms with Crippen molar-refractivity contribution in [1.82, 2.24) is 4.98 Å². The number of aromatic nitrogens is 1. The number of rotatable bonds is 1. The summed E-state index contributed by atoms with van der Waals surface area (Å²) in [6.45, 7) is 0.553. The first-order chi connectivity index (χ1) is 6.77. The number of hydrogen-bond acceptors (Lipinski definition) is 3. The molecule has 4 heteroatoms. The molecule has 74 valence electrons. The molecule has 1 fully saturated rings. The zero-order valence-electron chi connectivity index (χ0n) is 7.76. The summed E-state index contributed by atoms with van der Waals surface area (Å²) in [7, 11) is 0. The van der Waals surface area contributed by atoms with Crippen molar-refractivity contribution in [3.05, 3.63) is 24.4 Å². The van der Waals surface area contributed by atoms with Crippen LogP contribution in [-0.4, -0.2) is 28.6 Å². The van der Waals surface area contributed by atoms with E-state index in [1.165, 1.54) is 0 Å². The highest BCUT2D eigenvalue weighted by Crippen LogP contribution is 2.17. The summed E-state index contributed by atoms with van der Waals surface area (Å²) < 4.78 is 0. The second-order valence-electron chi connectivity index (χ2n) is 3.38. The lowest BCUT2D eigenvalue weighted by Crippen LogP contribution is -2.41. The van der Waals surface area contributed by atoms with E-state index in [2.05, 4.69) is 4.98 Å². The molecule has 1 atom stereocenters. The number of amides is 1. The predicted molar refractivity (Wildman–Crippen MR) is 51.8 cm³/mol. The van der Waals surface area contributed by atoms with Gasteiger partial charge in [-0.3, -0.25) is 9.69 Å². The van der Waals surface area contributed by atoms with Crippen molar-refractivity contribution in [2.24, 2.45) is 0 Å². The maximum atomic E-state index is 11.5. The van der Waals surface area contributed by atoms with Gasteiger partial charge < -0.3 is 5.11 Å². The fourth-order valence-corrected chi connectivity index (χ4v) is 1.57. The maximum Gasteiger partial charge on any atom is 0.230 e. The van der Waals surface area contributed by atoms with Crippen LogP contribution < -0.4 is 4.90 Å². The van der Waals surface area contributed by atoms with E-state index < -0.39 is 6.10 Å². The molecule has 2 rings (SSSR count). The van der Waals surface area contributed by atoms with Crippen LogP contribution in [0.2, 0.25) is 0 Å². The minimum atomic E-state index is -0.484. The van der Waals surface area contributed by atoms with Gasteiger partial charge in [-0.2, -0.15) is 0 Å². The summed E-state index contributed by atoms with van der Waals surface area (Å²) >= 11 is 0. The van der Waals surface area contributed by atoms with Gasteiger partial charge in [0.25, 0.3) is 0 Å². The predicted octanol–water partition coefficient (Wildman–Crippen LogP) is 0.569. The van der Waals surface area contributed by atoms with Gasteiger partial charge in [-0.05, 0) is 18.6 Å². The summed E-state index contributed by atoms with van der Waals surface area (Å²) in [6.07, 6.45) is 2.01. The Morgan fingerprint density at radius 3 is 3.00 bits per heavy atom. The third kappa shape index (κ3) is 1.75. The van der Waals surface area contributed by atoms with Crippen LogP contribution >= 0.6 is 0 Å². The van der Waals surface area contributed by atoms with Gasteiger partial charge in [0.1, 0.15) is 5.82 Å². The van der Waals surface area contributed by atoms with Crippen molar-refractivity contribution in [3.63, 3.8) is 0 Å². The van der Waals surface area contributed by atoms with Crippen LogP contribution in [0.3, 0.4) is 0 Å². The number of aliphatic hydroxyl groups excluding tert-OH is 1. The van der Waals surface area contributed by atoms with Crippen LogP contribution in [0.1, 0.15) is 12.8 Å². The molecule has 0 radical (unpaired) electrons. The second-order valence-corrected chi connectivity index (χ2v) is 3.38.